The molecule has 1 aliphatic rings. The summed E-state index contributed by atoms with van der Waals surface area (Å²) in [5, 5.41) is 12.7. The van der Waals surface area contributed by atoms with E-state index in [0.717, 1.165) is 25.7 Å². The first kappa shape index (κ1) is 13.9. The van der Waals surface area contributed by atoms with Gasteiger partial charge in [-0.25, -0.2) is 4.39 Å². The van der Waals surface area contributed by atoms with Crippen LogP contribution in [-0.4, -0.2) is 24.9 Å². The zero-order chi connectivity index (χ0) is 13.8. The van der Waals surface area contributed by atoms with Crippen molar-refractivity contribution in [3.63, 3.8) is 0 Å². The molecule has 1 saturated carbocycles. The van der Waals surface area contributed by atoms with Gasteiger partial charge in [0.25, 0.3) is 0 Å². The monoisotopic (exact) mass is 268 g/mol. The van der Waals surface area contributed by atoms with Gasteiger partial charge in [0.05, 0.1) is 24.6 Å². The minimum absolute atomic E-state index is 0.216. The standard InChI is InChI=1S/C14H21FN2O2/c1-19-14-7-13(11(15)6-12(14)16)17-8-9-3-2-4-10(18)5-9/h6-7,9-10,17-18H,2-5,8,16H2,1H3. The van der Waals surface area contributed by atoms with Gasteiger partial charge in [0.1, 0.15) is 11.6 Å². The Bertz CT molecular complexity index is 440. The van der Waals surface area contributed by atoms with E-state index in [2.05, 4.69) is 5.32 Å². The Labute approximate surface area is 112 Å². The van der Waals surface area contributed by atoms with Crippen LogP contribution in [0.15, 0.2) is 12.1 Å². The molecule has 19 heavy (non-hydrogen) atoms. The van der Waals surface area contributed by atoms with E-state index in [0.29, 0.717) is 29.6 Å². The molecule has 0 heterocycles. The predicted molar refractivity (Wildman–Crippen MR) is 73.8 cm³/mol. The third-order valence-electron chi connectivity index (χ3n) is 3.66. The fourth-order valence-electron chi connectivity index (χ4n) is 2.58. The Hall–Kier alpha value is -1.49. The predicted octanol–water partition coefficient (Wildman–Crippen LogP) is 2.38. The van der Waals surface area contributed by atoms with Gasteiger partial charge in [-0.15, -0.1) is 0 Å². The Kier molecular flexibility index (Phi) is 4.47. The number of nitrogens with two attached hydrogens (primary N) is 1. The smallest absolute Gasteiger partial charge is 0.148 e. The zero-order valence-electron chi connectivity index (χ0n) is 11.2. The van der Waals surface area contributed by atoms with Gasteiger partial charge in [0, 0.05) is 18.7 Å². The van der Waals surface area contributed by atoms with Gasteiger partial charge in [-0.05, 0) is 25.2 Å². The number of nitrogens with one attached hydrogen (secondary N) is 1. The van der Waals surface area contributed by atoms with Crippen molar-refractivity contribution in [2.45, 2.75) is 31.8 Å². The zero-order valence-corrected chi connectivity index (χ0v) is 11.2. The van der Waals surface area contributed by atoms with Crippen molar-refractivity contribution in [2.75, 3.05) is 24.7 Å². The summed E-state index contributed by atoms with van der Waals surface area (Å²) in [5.74, 6) is 0.467. The van der Waals surface area contributed by atoms with Crippen molar-refractivity contribution in [2.24, 2.45) is 5.92 Å². The molecule has 5 heteroatoms. The lowest BCUT2D eigenvalue weighted by molar-refractivity contribution is 0.104. The molecule has 1 aromatic rings. The first-order chi connectivity index (χ1) is 9.10. The molecular weight excluding hydrogens is 247 g/mol. The third kappa shape index (κ3) is 3.50. The normalized spacial score (nSPS) is 23.1. The van der Waals surface area contributed by atoms with E-state index >= 15 is 0 Å². The van der Waals surface area contributed by atoms with Gasteiger partial charge in [-0.1, -0.05) is 6.42 Å². The van der Waals surface area contributed by atoms with Gasteiger partial charge in [-0.2, -0.15) is 0 Å². The van der Waals surface area contributed by atoms with Crippen LogP contribution >= 0.6 is 0 Å². The van der Waals surface area contributed by atoms with Crippen LogP contribution in [0.25, 0.3) is 0 Å². The highest BCUT2D eigenvalue weighted by Gasteiger charge is 2.20. The average molecular weight is 268 g/mol. The summed E-state index contributed by atoms with van der Waals surface area (Å²) >= 11 is 0. The number of aliphatic hydroxyl groups excluding tert-OH is 1. The number of benzene rings is 1. The maximum atomic E-state index is 13.8. The van der Waals surface area contributed by atoms with Crippen LogP contribution in [0.3, 0.4) is 0 Å². The molecule has 0 spiro atoms. The summed E-state index contributed by atoms with van der Waals surface area (Å²) in [6.45, 7) is 0.654. The van der Waals surface area contributed by atoms with E-state index in [-0.39, 0.29) is 11.9 Å². The molecule has 4 N–H and O–H groups in total. The second-order valence-corrected chi connectivity index (χ2v) is 5.14. The molecule has 2 unspecified atom stereocenters. The van der Waals surface area contributed by atoms with Crippen LogP contribution in [0.5, 0.6) is 5.75 Å². The van der Waals surface area contributed by atoms with Crippen molar-refractivity contribution >= 4 is 11.4 Å². The molecule has 106 valence electrons. The Balaban J connectivity index is 1.99. The van der Waals surface area contributed by atoms with E-state index in [1.165, 1.54) is 13.2 Å². The van der Waals surface area contributed by atoms with E-state index in [4.69, 9.17) is 10.5 Å². The highest BCUT2D eigenvalue weighted by molar-refractivity contribution is 5.62. The number of nitrogen functional groups attached to an aromatic ring is 1. The molecule has 2 rings (SSSR count). The lowest BCUT2D eigenvalue weighted by Gasteiger charge is -2.26. The minimum Gasteiger partial charge on any atom is -0.495 e. The lowest BCUT2D eigenvalue weighted by Crippen LogP contribution is -2.25. The summed E-state index contributed by atoms with van der Waals surface area (Å²) in [6.07, 6.45) is 3.53. The highest BCUT2D eigenvalue weighted by atomic mass is 19.1. The van der Waals surface area contributed by atoms with Crippen LogP contribution in [0, 0.1) is 11.7 Å². The second kappa shape index (κ2) is 6.10. The Morgan fingerprint density at radius 3 is 2.95 bits per heavy atom. The molecular formula is C14H21FN2O2. The largest absolute Gasteiger partial charge is 0.495 e. The van der Waals surface area contributed by atoms with Crippen LogP contribution < -0.4 is 15.8 Å². The van der Waals surface area contributed by atoms with Crippen LogP contribution in [-0.2, 0) is 0 Å². The van der Waals surface area contributed by atoms with Crippen molar-refractivity contribution in [3.8, 4) is 5.75 Å². The molecule has 0 saturated heterocycles. The first-order valence-corrected chi connectivity index (χ1v) is 6.65. The van der Waals surface area contributed by atoms with Gasteiger partial charge >= 0.3 is 0 Å². The van der Waals surface area contributed by atoms with Crippen molar-refractivity contribution in [1.29, 1.82) is 0 Å². The summed E-state index contributed by atoms with van der Waals surface area (Å²) in [4.78, 5) is 0. The van der Waals surface area contributed by atoms with Crippen LogP contribution in [0.4, 0.5) is 15.8 Å². The molecule has 1 aliphatic carbocycles. The van der Waals surface area contributed by atoms with Gasteiger partial charge in [0.15, 0.2) is 0 Å². The van der Waals surface area contributed by atoms with Crippen LogP contribution in [0.2, 0.25) is 0 Å². The number of methoxy groups -OCH3 is 1. The fourth-order valence-corrected chi connectivity index (χ4v) is 2.58. The summed E-state index contributed by atoms with van der Waals surface area (Å²) < 4.78 is 18.8. The van der Waals surface area contributed by atoms with Gasteiger partial charge < -0.3 is 20.9 Å². The SMILES string of the molecule is COc1cc(NCC2CCCC(O)C2)c(F)cc1N. The minimum atomic E-state index is -0.380. The second-order valence-electron chi connectivity index (χ2n) is 5.14. The molecule has 0 aliphatic heterocycles. The van der Waals surface area contributed by atoms with E-state index < -0.39 is 0 Å². The van der Waals surface area contributed by atoms with E-state index in [1.807, 2.05) is 0 Å². The lowest BCUT2D eigenvalue weighted by atomic mass is 9.87. The quantitative estimate of drug-likeness (QED) is 0.733. The molecule has 0 amide bonds. The number of anilines is 2. The topological polar surface area (TPSA) is 67.5 Å². The number of halogens is 1. The fraction of sp³-hybridized carbons (Fsp3) is 0.571. The number of ether oxygens (including phenoxy) is 1. The van der Waals surface area contributed by atoms with E-state index in [9.17, 15) is 9.50 Å². The molecule has 1 fully saturated rings. The number of hydrogen-bond acceptors (Lipinski definition) is 4. The summed E-state index contributed by atoms with van der Waals surface area (Å²) in [7, 11) is 1.50. The summed E-state index contributed by atoms with van der Waals surface area (Å²) in [6, 6.07) is 2.83. The van der Waals surface area contributed by atoms with Crippen molar-refractivity contribution in [3.05, 3.63) is 17.9 Å². The van der Waals surface area contributed by atoms with E-state index in [1.54, 1.807) is 6.07 Å². The van der Waals surface area contributed by atoms with Crippen LogP contribution in [0.1, 0.15) is 25.7 Å². The van der Waals surface area contributed by atoms with Gasteiger partial charge in [-0.3, -0.25) is 0 Å². The molecule has 2 atom stereocenters. The summed E-state index contributed by atoms with van der Waals surface area (Å²) in [5.41, 5.74) is 6.32. The van der Waals surface area contributed by atoms with Gasteiger partial charge in [0.2, 0.25) is 0 Å². The Morgan fingerprint density at radius 2 is 2.26 bits per heavy atom. The van der Waals surface area contributed by atoms with Crippen molar-refractivity contribution in [1.82, 2.24) is 0 Å². The third-order valence-corrected chi connectivity index (χ3v) is 3.66. The number of aliphatic hydroxyl groups is 1. The molecule has 0 radical (unpaired) electrons. The maximum Gasteiger partial charge on any atom is 0.148 e. The number of rotatable bonds is 4. The maximum absolute atomic E-state index is 13.8. The highest BCUT2D eigenvalue weighted by Crippen LogP contribution is 2.29. The number of hydrogen-bond donors (Lipinski definition) is 3. The first-order valence-electron chi connectivity index (χ1n) is 6.65. The van der Waals surface area contributed by atoms with Crippen molar-refractivity contribution < 1.29 is 14.2 Å². The average Bonchev–Trinajstić information content (AvgIpc) is 2.38. The molecule has 4 nitrogen and oxygen atoms in total. The Morgan fingerprint density at radius 1 is 1.47 bits per heavy atom. The molecule has 0 bridgehead atoms. The molecule has 0 aromatic heterocycles. The molecule has 1 aromatic carbocycles.